The van der Waals surface area contributed by atoms with Gasteiger partial charge in [-0.05, 0) is 25.8 Å². The van der Waals surface area contributed by atoms with Crippen molar-refractivity contribution in [2.45, 2.75) is 50.0 Å². The summed E-state index contributed by atoms with van der Waals surface area (Å²) in [5.41, 5.74) is 0. The van der Waals surface area contributed by atoms with Gasteiger partial charge in [-0.25, -0.2) is 8.78 Å². The van der Waals surface area contributed by atoms with E-state index in [1.54, 1.807) is 0 Å². The third-order valence-electron chi connectivity index (χ3n) is 3.58. The minimum atomic E-state index is -2.56. The largest absolute Gasteiger partial charge is 0.338 e. The number of halogens is 2. The molecule has 1 unspecified atom stereocenters. The van der Waals surface area contributed by atoms with Crippen LogP contribution in [-0.4, -0.2) is 22.6 Å². The van der Waals surface area contributed by atoms with Crippen LogP contribution in [0.2, 0.25) is 0 Å². The fraction of sp³-hybridized carbons (Fsp3) is 0.818. The number of hydrogen-bond acceptors (Lipinski definition) is 4. The summed E-state index contributed by atoms with van der Waals surface area (Å²) in [6.07, 6.45) is 2.30. The smallest absolute Gasteiger partial charge is 0.248 e. The summed E-state index contributed by atoms with van der Waals surface area (Å²) in [4.78, 5) is 4.27. The Hall–Kier alpha value is -1.04. The average Bonchev–Trinajstić information content (AvgIpc) is 2.93. The standard InChI is InChI=1S/C11H15F2N3O/c12-11(13)4-3-7(6-11)9-15-10(17-16-9)8-2-1-5-14-8/h7-8,14H,1-6H2/t7?,8-/m0/s1. The zero-order valence-electron chi connectivity index (χ0n) is 9.46. The predicted octanol–water partition coefficient (Wildman–Crippen LogP) is 2.40. The maximum Gasteiger partial charge on any atom is 0.248 e. The Labute approximate surface area is 97.8 Å². The minimum Gasteiger partial charge on any atom is -0.338 e. The van der Waals surface area contributed by atoms with E-state index in [0.717, 1.165) is 19.4 Å². The average molecular weight is 243 g/mol. The molecule has 1 aliphatic carbocycles. The topological polar surface area (TPSA) is 51.0 Å². The van der Waals surface area contributed by atoms with Crippen molar-refractivity contribution in [2.24, 2.45) is 0 Å². The summed E-state index contributed by atoms with van der Waals surface area (Å²) in [7, 11) is 0. The zero-order chi connectivity index (χ0) is 11.9. The molecular formula is C11H15F2N3O. The Bertz CT molecular complexity index is 401. The van der Waals surface area contributed by atoms with Crippen LogP contribution < -0.4 is 5.32 Å². The molecule has 1 aromatic rings. The lowest BCUT2D eigenvalue weighted by molar-refractivity contribution is 0.00750. The summed E-state index contributed by atoms with van der Waals surface area (Å²) in [6, 6.07) is 0.109. The second kappa shape index (κ2) is 4.01. The molecule has 2 fully saturated rings. The Kier molecular flexibility index (Phi) is 2.61. The van der Waals surface area contributed by atoms with Gasteiger partial charge in [0.1, 0.15) is 0 Å². The van der Waals surface area contributed by atoms with Crippen LogP contribution >= 0.6 is 0 Å². The number of nitrogens with zero attached hydrogens (tertiary/aromatic N) is 2. The SMILES string of the molecule is FC1(F)CCC(c2noc([C@@H]3CCCN3)n2)C1. The number of hydrogen-bond donors (Lipinski definition) is 1. The van der Waals surface area contributed by atoms with Crippen LogP contribution in [0.4, 0.5) is 8.78 Å². The number of rotatable bonds is 2. The van der Waals surface area contributed by atoms with E-state index in [9.17, 15) is 8.78 Å². The molecule has 4 nitrogen and oxygen atoms in total. The molecule has 1 aromatic heterocycles. The number of aromatic nitrogens is 2. The molecule has 2 atom stereocenters. The molecule has 6 heteroatoms. The van der Waals surface area contributed by atoms with E-state index in [4.69, 9.17) is 4.52 Å². The first kappa shape index (κ1) is 11.1. The molecule has 0 aromatic carbocycles. The summed E-state index contributed by atoms with van der Waals surface area (Å²) in [6.45, 7) is 0.948. The normalized spacial score (nSPS) is 32.1. The van der Waals surface area contributed by atoms with Gasteiger partial charge in [-0.15, -0.1) is 0 Å². The quantitative estimate of drug-likeness (QED) is 0.866. The van der Waals surface area contributed by atoms with Crippen LogP contribution in [-0.2, 0) is 0 Å². The number of nitrogens with one attached hydrogen (secondary N) is 1. The van der Waals surface area contributed by atoms with E-state index < -0.39 is 5.92 Å². The third kappa shape index (κ3) is 2.18. The summed E-state index contributed by atoms with van der Waals surface area (Å²) in [5, 5.41) is 7.10. The monoisotopic (exact) mass is 243 g/mol. The molecule has 0 bridgehead atoms. The van der Waals surface area contributed by atoms with Gasteiger partial charge in [0, 0.05) is 18.8 Å². The lowest BCUT2D eigenvalue weighted by Crippen LogP contribution is -2.13. The van der Waals surface area contributed by atoms with Crippen molar-refractivity contribution in [3.63, 3.8) is 0 Å². The van der Waals surface area contributed by atoms with Gasteiger partial charge < -0.3 is 9.84 Å². The summed E-state index contributed by atoms with van der Waals surface area (Å²) in [5.74, 6) is -1.81. The Morgan fingerprint density at radius 2 is 2.24 bits per heavy atom. The molecule has 2 heterocycles. The highest BCUT2D eigenvalue weighted by molar-refractivity contribution is 5.04. The molecule has 0 amide bonds. The molecule has 1 saturated heterocycles. The van der Waals surface area contributed by atoms with Crippen molar-refractivity contribution in [3.8, 4) is 0 Å². The molecule has 0 radical (unpaired) electrons. The lowest BCUT2D eigenvalue weighted by Gasteiger charge is -2.06. The molecule has 17 heavy (non-hydrogen) atoms. The molecule has 3 rings (SSSR count). The van der Waals surface area contributed by atoms with Crippen molar-refractivity contribution in [1.82, 2.24) is 15.5 Å². The van der Waals surface area contributed by atoms with Crippen LogP contribution in [0.5, 0.6) is 0 Å². The fourth-order valence-electron chi connectivity index (χ4n) is 2.62. The van der Waals surface area contributed by atoms with E-state index in [0.29, 0.717) is 18.1 Å². The Balaban J connectivity index is 1.72. The predicted molar refractivity (Wildman–Crippen MR) is 55.8 cm³/mol. The van der Waals surface area contributed by atoms with Gasteiger partial charge in [0.2, 0.25) is 11.8 Å². The highest BCUT2D eigenvalue weighted by atomic mass is 19.3. The summed E-state index contributed by atoms with van der Waals surface area (Å²) < 4.78 is 31.3. The Morgan fingerprint density at radius 3 is 2.88 bits per heavy atom. The van der Waals surface area contributed by atoms with Crippen LogP contribution in [0, 0.1) is 0 Å². The molecule has 2 aliphatic rings. The minimum absolute atomic E-state index is 0.0663. The van der Waals surface area contributed by atoms with E-state index in [1.807, 2.05) is 0 Å². The van der Waals surface area contributed by atoms with Gasteiger partial charge in [0.25, 0.3) is 0 Å². The lowest BCUT2D eigenvalue weighted by atomic mass is 10.1. The second-order valence-corrected chi connectivity index (χ2v) is 4.94. The number of alkyl halides is 2. The van der Waals surface area contributed by atoms with E-state index in [-0.39, 0.29) is 24.8 Å². The molecule has 94 valence electrons. The fourth-order valence-corrected chi connectivity index (χ4v) is 2.62. The maximum atomic E-state index is 13.1. The van der Waals surface area contributed by atoms with Gasteiger partial charge in [-0.2, -0.15) is 4.98 Å². The molecule has 1 N–H and O–H groups in total. The third-order valence-corrected chi connectivity index (χ3v) is 3.58. The Morgan fingerprint density at radius 1 is 1.35 bits per heavy atom. The van der Waals surface area contributed by atoms with Crippen molar-refractivity contribution in [3.05, 3.63) is 11.7 Å². The first-order valence-corrected chi connectivity index (χ1v) is 6.09. The van der Waals surface area contributed by atoms with Crippen LogP contribution in [0.1, 0.15) is 55.8 Å². The molecular weight excluding hydrogens is 228 g/mol. The molecule has 0 spiro atoms. The first-order valence-electron chi connectivity index (χ1n) is 6.09. The van der Waals surface area contributed by atoms with Gasteiger partial charge >= 0.3 is 0 Å². The van der Waals surface area contributed by atoms with Crippen molar-refractivity contribution in [1.29, 1.82) is 0 Å². The van der Waals surface area contributed by atoms with Gasteiger partial charge in [0.15, 0.2) is 5.82 Å². The summed E-state index contributed by atoms with van der Waals surface area (Å²) >= 11 is 0. The van der Waals surface area contributed by atoms with Crippen LogP contribution in [0.3, 0.4) is 0 Å². The van der Waals surface area contributed by atoms with Gasteiger partial charge in [-0.3, -0.25) is 0 Å². The van der Waals surface area contributed by atoms with Crippen molar-refractivity contribution in [2.75, 3.05) is 6.54 Å². The van der Waals surface area contributed by atoms with E-state index in [2.05, 4.69) is 15.5 Å². The van der Waals surface area contributed by atoms with Crippen LogP contribution in [0.15, 0.2) is 4.52 Å². The second-order valence-electron chi connectivity index (χ2n) is 4.94. The zero-order valence-corrected chi connectivity index (χ0v) is 9.46. The highest BCUT2D eigenvalue weighted by Gasteiger charge is 2.42. The van der Waals surface area contributed by atoms with E-state index in [1.165, 1.54) is 0 Å². The molecule has 1 aliphatic heterocycles. The van der Waals surface area contributed by atoms with E-state index >= 15 is 0 Å². The first-order chi connectivity index (χ1) is 8.14. The van der Waals surface area contributed by atoms with Gasteiger partial charge in [-0.1, -0.05) is 5.16 Å². The van der Waals surface area contributed by atoms with Crippen molar-refractivity contribution < 1.29 is 13.3 Å². The maximum absolute atomic E-state index is 13.1. The van der Waals surface area contributed by atoms with Gasteiger partial charge in [0.05, 0.1) is 6.04 Å². The molecule has 1 saturated carbocycles. The van der Waals surface area contributed by atoms with Crippen LogP contribution in [0.25, 0.3) is 0 Å². The highest BCUT2D eigenvalue weighted by Crippen LogP contribution is 2.43. The van der Waals surface area contributed by atoms with Crippen molar-refractivity contribution >= 4 is 0 Å².